The van der Waals surface area contributed by atoms with E-state index < -0.39 is 0 Å². The molecule has 1 unspecified atom stereocenters. The van der Waals surface area contributed by atoms with Gasteiger partial charge in [0.25, 0.3) is 0 Å². The van der Waals surface area contributed by atoms with Crippen LogP contribution in [0.25, 0.3) is 0 Å². The van der Waals surface area contributed by atoms with Gasteiger partial charge in [0, 0.05) is 29.3 Å². The Bertz CT molecular complexity index is 399. The number of halogens is 2. The van der Waals surface area contributed by atoms with E-state index in [0.717, 1.165) is 61.1 Å². The van der Waals surface area contributed by atoms with Crippen LogP contribution in [0.2, 0.25) is 10.0 Å². The van der Waals surface area contributed by atoms with Gasteiger partial charge in [-0.05, 0) is 55.8 Å². The van der Waals surface area contributed by atoms with E-state index >= 15 is 0 Å². The van der Waals surface area contributed by atoms with Crippen LogP contribution in [0.1, 0.15) is 31.7 Å². The second-order valence-electron chi connectivity index (χ2n) is 5.41. The van der Waals surface area contributed by atoms with Crippen LogP contribution in [-0.4, -0.2) is 25.8 Å². The summed E-state index contributed by atoms with van der Waals surface area (Å²) in [5.74, 6) is 0.641. The number of hydrogen-bond acceptors (Lipinski definition) is 2. The fourth-order valence-corrected chi connectivity index (χ4v) is 3.35. The van der Waals surface area contributed by atoms with Crippen molar-refractivity contribution in [3.8, 4) is 0 Å². The summed E-state index contributed by atoms with van der Waals surface area (Å²) in [6.07, 6.45) is 4.26. The van der Waals surface area contributed by atoms with Crippen molar-refractivity contribution in [3.63, 3.8) is 0 Å². The van der Waals surface area contributed by atoms with Gasteiger partial charge in [-0.15, -0.1) is 0 Å². The Morgan fingerprint density at radius 2 is 1.90 bits per heavy atom. The highest BCUT2D eigenvalue weighted by molar-refractivity contribution is 6.36. The summed E-state index contributed by atoms with van der Waals surface area (Å²) in [4.78, 5) is 0. The van der Waals surface area contributed by atoms with Crippen molar-refractivity contribution >= 4 is 23.2 Å². The first-order chi connectivity index (χ1) is 9.72. The molecule has 112 valence electrons. The second kappa shape index (κ2) is 8.23. The van der Waals surface area contributed by atoms with E-state index in [-0.39, 0.29) is 0 Å². The van der Waals surface area contributed by atoms with Crippen LogP contribution >= 0.6 is 23.2 Å². The normalized spacial score (nSPS) is 18.1. The minimum atomic E-state index is 0.427. The van der Waals surface area contributed by atoms with Gasteiger partial charge in [-0.3, -0.25) is 0 Å². The SMILES string of the molecule is CCCNC(Cc1c(Cl)cccc1Cl)C1CCOCC1. The molecule has 0 aromatic heterocycles. The summed E-state index contributed by atoms with van der Waals surface area (Å²) in [5.41, 5.74) is 1.07. The van der Waals surface area contributed by atoms with E-state index in [9.17, 15) is 0 Å². The Kier molecular flexibility index (Phi) is 6.63. The van der Waals surface area contributed by atoms with Crippen LogP contribution in [0.5, 0.6) is 0 Å². The van der Waals surface area contributed by atoms with Crippen LogP contribution in [0, 0.1) is 5.92 Å². The molecule has 1 aliphatic rings. The Hall–Kier alpha value is -0.280. The van der Waals surface area contributed by atoms with Crippen molar-refractivity contribution in [2.75, 3.05) is 19.8 Å². The lowest BCUT2D eigenvalue weighted by Crippen LogP contribution is -2.41. The summed E-state index contributed by atoms with van der Waals surface area (Å²) < 4.78 is 5.47. The molecule has 1 aliphatic heterocycles. The Labute approximate surface area is 131 Å². The molecule has 20 heavy (non-hydrogen) atoms. The van der Waals surface area contributed by atoms with Gasteiger partial charge >= 0.3 is 0 Å². The number of rotatable bonds is 6. The zero-order valence-corrected chi connectivity index (χ0v) is 13.5. The van der Waals surface area contributed by atoms with E-state index in [1.165, 1.54) is 0 Å². The summed E-state index contributed by atoms with van der Waals surface area (Å²) in [6.45, 7) is 4.96. The highest BCUT2D eigenvalue weighted by Gasteiger charge is 2.25. The molecule has 0 radical (unpaired) electrons. The zero-order chi connectivity index (χ0) is 14.4. The topological polar surface area (TPSA) is 21.3 Å². The van der Waals surface area contributed by atoms with Crippen LogP contribution in [0.4, 0.5) is 0 Å². The molecule has 1 atom stereocenters. The van der Waals surface area contributed by atoms with E-state index in [0.29, 0.717) is 12.0 Å². The predicted octanol–water partition coefficient (Wildman–Crippen LogP) is 4.33. The molecule has 4 heteroatoms. The molecule has 2 nitrogen and oxygen atoms in total. The first-order valence-corrected chi connectivity index (χ1v) is 8.22. The molecule has 0 bridgehead atoms. The average molecular weight is 316 g/mol. The van der Waals surface area contributed by atoms with Gasteiger partial charge in [0.05, 0.1) is 0 Å². The minimum Gasteiger partial charge on any atom is -0.381 e. The second-order valence-corrected chi connectivity index (χ2v) is 6.23. The maximum Gasteiger partial charge on any atom is 0.0469 e. The Morgan fingerprint density at radius 3 is 2.50 bits per heavy atom. The largest absolute Gasteiger partial charge is 0.381 e. The zero-order valence-electron chi connectivity index (χ0n) is 12.0. The van der Waals surface area contributed by atoms with Crippen molar-refractivity contribution in [2.24, 2.45) is 5.92 Å². The molecule has 0 amide bonds. The van der Waals surface area contributed by atoms with E-state index in [1.807, 2.05) is 18.2 Å². The van der Waals surface area contributed by atoms with Gasteiger partial charge < -0.3 is 10.1 Å². The molecule has 1 aromatic rings. The van der Waals surface area contributed by atoms with Crippen LogP contribution in [0.15, 0.2) is 18.2 Å². The lowest BCUT2D eigenvalue weighted by molar-refractivity contribution is 0.0538. The monoisotopic (exact) mass is 315 g/mol. The van der Waals surface area contributed by atoms with E-state index in [1.54, 1.807) is 0 Å². The molecule has 0 spiro atoms. The summed E-state index contributed by atoms with van der Waals surface area (Å²) in [7, 11) is 0. The lowest BCUT2D eigenvalue weighted by atomic mass is 9.87. The van der Waals surface area contributed by atoms with Crippen molar-refractivity contribution < 1.29 is 4.74 Å². The predicted molar refractivity (Wildman–Crippen MR) is 85.8 cm³/mol. The van der Waals surface area contributed by atoms with Crippen molar-refractivity contribution in [2.45, 2.75) is 38.6 Å². The molecular weight excluding hydrogens is 293 g/mol. The molecule has 1 heterocycles. The molecule has 1 saturated heterocycles. The molecule has 0 aliphatic carbocycles. The summed E-state index contributed by atoms with van der Waals surface area (Å²) >= 11 is 12.6. The minimum absolute atomic E-state index is 0.427. The summed E-state index contributed by atoms with van der Waals surface area (Å²) in [5, 5.41) is 5.21. The van der Waals surface area contributed by atoms with Gasteiger partial charge in [0.15, 0.2) is 0 Å². The number of benzene rings is 1. The van der Waals surface area contributed by atoms with Gasteiger partial charge in [-0.25, -0.2) is 0 Å². The highest BCUT2D eigenvalue weighted by Crippen LogP contribution is 2.29. The van der Waals surface area contributed by atoms with E-state index in [2.05, 4.69) is 12.2 Å². The smallest absolute Gasteiger partial charge is 0.0469 e. The fourth-order valence-electron chi connectivity index (χ4n) is 2.80. The van der Waals surface area contributed by atoms with Crippen LogP contribution in [-0.2, 0) is 11.2 Å². The molecule has 1 fully saturated rings. The van der Waals surface area contributed by atoms with Crippen molar-refractivity contribution in [1.82, 2.24) is 5.32 Å². The van der Waals surface area contributed by atoms with Gasteiger partial charge in [0.1, 0.15) is 0 Å². The van der Waals surface area contributed by atoms with Crippen LogP contribution in [0.3, 0.4) is 0 Å². The Morgan fingerprint density at radius 1 is 1.25 bits per heavy atom. The number of hydrogen-bond donors (Lipinski definition) is 1. The average Bonchev–Trinajstić information content (AvgIpc) is 2.47. The number of nitrogens with one attached hydrogen (secondary N) is 1. The first-order valence-electron chi connectivity index (χ1n) is 7.46. The fraction of sp³-hybridized carbons (Fsp3) is 0.625. The molecule has 1 aromatic carbocycles. The van der Waals surface area contributed by atoms with Crippen molar-refractivity contribution in [1.29, 1.82) is 0 Å². The van der Waals surface area contributed by atoms with Gasteiger partial charge in [0.2, 0.25) is 0 Å². The first kappa shape index (κ1) is 16.1. The quantitative estimate of drug-likeness (QED) is 0.843. The third kappa shape index (κ3) is 4.36. The lowest BCUT2D eigenvalue weighted by Gasteiger charge is -2.31. The maximum absolute atomic E-state index is 6.31. The standard InChI is InChI=1S/C16H23Cl2NO/c1-2-8-19-16(12-6-9-20-10-7-12)11-13-14(17)4-3-5-15(13)18/h3-5,12,16,19H,2,6-11H2,1H3. The highest BCUT2D eigenvalue weighted by atomic mass is 35.5. The Balaban J connectivity index is 2.09. The van der Waals surface area contributed by atoms with Crippen molar-refractivity contribution in [3.05, 3.63) is 33.8 Å². The van der Waals surface area contributed by atoms with Crippen LogP contribution < -0.4 is 5.32 Å². The third-order valence-electron chi connectivity index (χ3n) is 3.98. The molecule has 0 saturated carbocycles. The third-order valence-corrected chi connectivity index (χ3v) is 4.69. The maximum atomic E-state index is 6.31. The van der Waals surface area contributed by atoms with Gasteiger partial charge in [-0.1, -0.05) is 36.2 Å². The molecule has 1 N–H and O–H groups in total. The summed E-state index contributed by atoms with van der Waals surface area (Å²) in [6, 6.07) is 6.17. The van der Waals surface area contributed by atoms with E-state index in [4.69, 9.17) is 27.9 Å². The van der Waals surface area contributed by atoms with Gasteiger partial charge in [-0.2, -0.15) is 0 Å². The molecule has 2 rings (SSSR count). The number of ether oxygens (including phenoxy) is 1. The molecular formula is C16H23Cl2NO.